The standard InChI is InChI=1S/C36H76N2O/c1-7-9-11-13-15-17-19-21-23-25-27-29-31-33-35(3,4)37-39-38-36(5,6)34-32-30-28-26-24-22-20-18-16-14-12-10-8-2/h37-38H,7-34H2,1-6H3. The van der Waals surface area contributed by atoms with Gasteiger partial charge in [0.05, 0.1) is 0 Å². The summed E-state index contributed by atoms with van der Waals surface area (Å²) in [6.07, 6.45) is 39.0. The molecule has 0 aromatic rings. The van der Waals surface area contributed by atoms with Gasteiger partial charge in [-0.25, -0.2) is 4.94 Å². The van der Waals surface area contributed by atoms with Gasteiger partial charge in [0, 0.05) is 11.1 Å². The molecular weight excluding hydrogens is 476 g/mol. The lowest BCUT2D eigenvalue weighted by molar-refractivity contribution is -0.113. The van der Waals surface area contributed by atoms with E-state index in [9.17, 15) is 0 Å². The van der Waals surface area contributed by atoms with Crippen molar-refractivity contribution < 1.29 is 4.94 Å². The van der Waals surface area contributed by atoms with Crippen molar-refractivity contribution >= 4 is 0 Å². The number of nitrogens with one attached hydrogen (secondary N) is 2. The van der Waals surface area contributed by atoms with Crippen molar-refractivity contribution in [3.63, 3.8) is 0 Å². The van der Waals surface area contributed by atoms with Crippen molar-refractivity contribution in [1.82, 2.24) is 11.0 Å². The molecule has 0 saturated carbocycles. The monoisotopic (exact) mass is 553 g/mol. The van der Waals surface area contributed by atoms with Crippen LogP contribution in [0.15, 0.2) is 0 Å². The highest BCUT2D eigenvalue weighted by Crippen LogP contribution is 2.19. The third-order valence-electron chi connectivity index (χ3n) is 8.47. The molecule has 0 heterocycles. The van der Waals surface area contributed by atoms with Crippen LogP contribution in [0.3, 0.4) is 0 Å². The molecule has 0 fully saturated rings. The van der Waals surface area contributed by atoms with Crippen LogP contribution in [0.5, 0.6) is 0 Å². The van der Waals surface area contributed by atoms with Gasteiger partial charge in [-0.2, -0.15) is 11.0 Å². The summed E-state index contributed by atoms with van der Waals surface area (Å²) >= 11 is 0. The summed E-state index contributed by atoms with van der Waals surface area (Å²) in [5.74, 6) is 0. The van der Waals surface area contributed by atoms with Crippen molar-refractivity contribution in [1.29, 1.82) is 0 Å². The van der Waals surface area contributed by atoms with Gasteiger partial charge >= 0.3 is 0 Å². The average Bonchev–Trinajstić information content (AvgIpc) is 2.89. The Morgan fingerprint density at radius 2 is 0.538 bits per heavy atom. The fourth-order valence-corrected chi connectivity index (χ4v) is 5.57. The van der Waals surface area contributed by atoms with E-state index in [0.29, 0.717) is 0 Å². The van der Waals surface area contributed by atoms with Crippen LogP contribution >= 0.6 is 0 Å². The molecule has 2 N–H and O–H groups in total. The molecule has 0 radical (unpaired) electrons. The predicted octanol–water partition coefficient (Wildman–Crippen LogP) is 12.5. The minimum Gasteiger partial charge on any atom is -0.213 e. The molecule has 0 amide bonds. The quantitative estimate of drug-likeness (QED) is 0.0643. The molecule has 236 valence electrons. The Morgan fingerprint density at radius 3 is 0.769 bits per heavy atom. The Hall–Kier alpha value is -0.120. The van der Waals surface area contributed by atoms with Gasteiger partial charge in [-0.05, 0) is 40.5 Å². The molecule has 0 unspecified atom stereocenters. The fraction of sp³-hybridized carbons (Fsp3) is 1.00. The Kier molecular flexibility index (Phi) is 27.9. The topological polar surface area (TPSA) is 33.3 Å². The molecule has 0 atom stereocenters. The lowest BCUT2D eigenvalue weighted by Gasteiger charge is -2.30. The van der Waals surface area contributed by atoms with Crippen LogP contribution in [0.1, 0.15) is 221 Å². The summed E-state index contributed by atoms with van der Waals surface area (Å²) in [6.45, 7) is 13.6. The third-order valence-corrected chi connectivity index (χ3v) is 8.47. The maximum Gasteiger partial charge on any atom is 0.0395 e. The molecule has 0 aromatic carbocycles. The predicted molar refractivity (Wildman–Crippen MR) is 176 cm³/mol. The highest BCUT2D eigenvalue weighted by molar-refractivity contribution is 4.75. The van der Waals surface area contributed by atoms with E-state index in [2.05, 4.69) is 52.5 Å². The van der Waals surface area contributed by atoms with Crippen LogP contribution in [-0.4, -0.2) is 11.1 Å². The first-order chi connectivity index (χ1) is 18.8. The molecule has 3 heteroatoms. The zero-order valence-corrected chi connectivity index (χ0v) is 28.2. The zero-order chi connectivity index (χ0) is 28.9. The van der Waals surface area contributed by atoms with Crippen LogP contribution in [0, 0.1) is 0 Å². The van der Waals surface area contributed by atoms with Gasteiger partial charge in [0.1, 0.15) is 0 Å². The molecule has 0 aliphatic heterocycles. The van der Waals surface area contributed by atoms with Crippen LogP contribution < -0.4 is 11.0 Å². The van der Waals surface area contributed by atoms with Crippen LogP contribution in [-0.2, 0) is 4.94 Å². The van der Waals surface area contributed by atoms with Gasteiger partial charge in [-0.1, -0.05) is 181 Å². The van der Waals surface area contributed by atoms with Crippen molar-refractivity contribution in [3.05, 3.63) is 0 Å². The van der Waals surface area contributed by atoms with E-state index >= 15 is 0 Å². The van der Waals surface area contributed by atoms with Gasteiger partial charge in [0.15, 0.2) is 0 Å². The van der Waals surface area contributed by atoms with Crippen molar-refractivity contribution in [2.75, 3.05) is 0 Å². The van der Waals surface area contributed by atoms with Crippen molar-refractivity contribution in [2.45, 2.75) is 232 Å². The summed E-state index contributed by atoms with van der Waals surface area (Å²) in [4.78, 5) is 5.79. The number of unbranched alkanes of at least 4 members (excludes halogenated alkanes) is 24. The van der Waals surface area contributed by atoms with E-state index in [4.69, 9.17) is 4.94 Å². The molecule has 0 aromatic heterocycles. The Morgan fingerprint density at radius 1 is 0.333 bits per heavy atom. The third kappa shape index (κ3) is 30.7. The van der Waals surface area contributed by atoms with Gasteiger partial charge in [0.2, 0.25) is 0 Å². The molecule has 0 rings (SSSR count). The Bertz CT molecular complexity index is 435. The largest absolute Gasteiger partial charge is 0.213 e. The normalized spacial score (nSPS) is 12.5. The summed E-state index contributed by atoms with van der Waals surface area (Å²) < 4.78 is 0. The molecule has 39 heavy (non-hydrogen) atoms. The summed E-state index contributed by atoms with van der Waals surface area (Å²) in [6, 6.07) is 0. The first-order valence-electron chi connectivity index (χ1n) is 18.0. The summed E-state index contributed by atoms with van der Waals surface area (Å²) in [5, 5.41) is 0. The number of rotatable bonds is 32. The highest BCUT2D eigenvalue weighted by atomic mass is 16.8. The second kappa shape index (κ2) is 28.0. The lowest BCUT2D eigenvalue weighted by Crippen LogP contribution is -2.48. The van der Waals surface area contributed by atoms with E-state index in [1.807, 2.05) is 0 Å². The van der Waals surface area contributed by atoms with E-state index in [1.165, 1.54) is 167 Å². The number of hydrogen-bond donors (Lipinski definition) is 2. The second-order valence-electron chi connectivity index (χ2n) is 14.1. The van der Waals surface area contributed by atoms with E-state index in [0.717, 1.165) is 12.8 Å². The van der Waals surface area contributed by atoms with Gasteiger partial charge < -0.3 is 0 Å². The number of hydrogen-bond acceptors (Lipinski definition) is 3. The van der Waals surface area contributed by atoms with Crippen LogP contribution in [0.4, 0.5) is 0 Å². The van der Waals surface area contributed by atoms with Crippen molar-refractivity contribution in [3.8, 4) is 0 Å². The Balaban J connectivity index is 3.54. The molecule has 0 aliphatic rings. The summed E-state index contributed by atoms with van der Waals surface area (Å²) in [7, 11) is 0. The molecule has 3 nitrogen and oxygen atoms in total. The second-order valence-corrected chi connectivity index (χ2v) is 14.1. The van der Waals surface area contributed by atoms with Crippen LogP contribution in [0.25, 0.3) is 0 Å². The van der Waals surface area contributed by atoms with Gasteiger partial charge in [0.25, 0.3) is 0 Å². The molecule has 0 aliphatic carbocycles. The minimum atomic E-state index is 0.0103. The molecule has 0 bridgehead atoms. The summed E-state index contributed by atoms with van der Waals surface area (Å²) in [5.41, 5.74) is 6.61. The first-order valence-corrected chi connectivity index (χ1v) is 18.0. The maximum atomic E-state index is 5.79. The van der Waals surface area contributed by atoms with Crippen molar-refractivity contribution in [2.24, 2.45) is 0 Å². The Labute approximate surface area is 248 Å². The first kappa shape index (κ1) is 38.9. The van der Waals surface area contributed by atoms with E-state index in [-0.39, 0.29) is 11.1 Å². The van der Waals surface area contributed by atoms with E-state index in [1.54, 1.807) is 0 Å². The molecular formula is C36H76N2O. The molecule has 0 spiro atoms. The SMILES string of the molecule is CCCCCCCCCCCCCCCC(C)(C)NONC(C)(C)CCCCCCCCCCCCCCC. The maximum absolute atomic E-state index is 5.79. The van der Waals surface area contributed by atoms with E-state index < -0.39 is 0 Å². The fourth-order valence-electron chi connectivity index (χ4n) is 5.57. The van der Waals surface area contributed by atoms with Crippen LogP contribution in [0.2, 0.25) is 0 Å². The molecule has 0 saturated heterocycles. The number of hydroxylamine groups is 2. The lowest BCUT2D eigenvalue weighted by atomic mass is 9.96. The highest BCUT2D eigenvalue weighted by Gasteiger charge is 2.21. The van der Waals surface area contributed by atoms with Gasteiger partial charge in [-0.15, -0.1) is 0 Å². The van der Waals surface area contributed by atoms with Gasteiger partial charge in [-0.3, -0.25) is 0 Å². The minimum absolute atomic E-state index is 0.0103. The zero-order valence-electron chi connectivity index (χ0n) is 28.2. The smallest absolute Gasteiger partial charge is 0.0395 e. The average molecular weight is 553 g/mol.